The lowest BCUT2D eigenvalue weighted by Gasteiger charge is -2.07. The first-order valence-corrected chi connectivity index (χ1v) is 6.87. The molecule has 2 N–H and O–H groups in total. The highest BCUT2D eigenvalue weighted by molar-refractivity contribution is 7.10. The molecule has 4 nitrogen and oxygen atoms in total. The molecule has 5 heteroatoms. The summed E-state index contributed by atoms with van der Waals surface area (Å²) >= 11 is 1.58. The Hall–Kier alpha value is -1.98. The van der Waals surface area contributed by atoms with Crippen LogP contribution in [0.3, 0.4) is 0 Å². The summed E-state index contributed by atoms with van der Waals surface area (Å²) in [5.41, 5.74) is 9.27. The summed E-state index contributed by atoms with van der Waals surface area (Å²) in [5, 5.41) is 7.10. The van der Waals surface area contributed by atoms with Gasteiger partial charge in [-0.1, -0.05) is 30.3 Å². The summed E-state index contributed by atoms with van der Waals surface area (Å²) in [4.78, 5) is 4.61. The van der Waals surface area contributed by atoms with Crippen LogP contribution in [0.15, 0.2) is 48.1 Å². The quantitative estimate of drug-likeness (QED) is 0.796. The van der Waals surface area contributed by atoms with E-state index in [1.807, 2.05) is 55.2 Å². The van der Waals surface area contributed by atoms with E-state index in [1.165, 1.54) is 0 Å². The molecule has 0 radical (unpaired) electrons. The minimum atomic E-state index is -0.170. The van der Waals surface area contributed by atoms with Crippen LogP contribution in [-0.2, 0) is 7.05 Å². The molecule has 1 unspecified atom stereocenters. The molecule has 0 aliphatic rings. The molecule has 0 saturated heterocycles. The van der Waals surface area contributed by atoms with Gasteiger partial charge in [0, 0.05) is 24.2 Å². The Morgan fingerprint density at radius 1 is 1.26 bits per heavy atom. The predicted octanol–water partition coefficient (Wildman–Crippen LogP) is 2.59. The fraction of sp³-hybridized carbons (Fsp3) is 0.143. The fourth-order valence-corrected chi connectivity index (χ4v) is 2.77. The average molecular weight is 270 g/mol. The molecular weight excluding hydrogens is 256 g/mol. The number of nitrogens with zero attached hydrogens (tertiary/aromatic N) is 3. The van der Waals surface area contributed by atoms with Gasteiger partial charge in [-0.2, -0.15) is 5.10 Å². The molecule has 1 aromatic carbocycles. The molecule has 96 valence electrons. The van der Waals surface area contributed by atoms with Crippen LogP contribution in [0, 0.1) is 0 Å². The lowest BCUT2D eigenvalue weighted by atomic mass is 10.1. The summed E-state index contributed by atoms with van der Waals surface area (Å²) in [6.07, 6.45) is 3.76. The Bertz CT molecular complexity index is 672. The molecule has 0 fully saturated rings. The lowest BCUT2D eigenvalue weighted by molar-refractivity contribution is 0.768. The number of hydrogen-bond acceptors (Lipinski definition) is 4. The Morgan fingerprint density at radius 2 is 2.05 bits per heavy atom. The molecule has 0 spiro atoms. The molecule has 3 rings (SSSR count). The number of hydrogen-bond donors (Lipinski definition) is 1. The summed E-state index contributed by atoms with van der Waals surface area (Å²) in [6.45, 7) is 0. The van der Waals surface area contributed by atoms with E-state index in [1.54, 1.807) is 16.0 Å². The largest absolute Gasteiger partial charge is 0.318 e. The third kappa shape index (κ3) is 2.43. The van der Waals surface area contributed by atoms with Crippen molar-refractivity contribution in [3.05, 3.63) is 58.7 Å². The van der Waals surface area contributed by atoms with Crippen molar-refractivity contribution in [1.29, 1.82) is 0 Å². The molecule has 0 amide bonds. The number of nitrogens with two attached hydrogens (primary N) is 1. The molecule has 19 heavy (non-hydrogen) atoms. The van der Waals surface area contributed by atoms with Crippen LogP contribution < -0.4 is 5.73 Å². The first-order valence-electron chi connectivity index (χ1n) is 5.99. The smallest absolute Gasteiger partial charge is 0.115 e. The monoisotopic (exact) mass is 270 g/mol. The Morgan fingerprint density at radius 3 is 2.74 bits per heavy atom. The van der Waals surface area contributed by atoms with Crippen LogP contribution in [0.25, 0.3) is 11.3 Å². The van der Waals surface area contributed by atoms with Crippen LogP contribution in [0.1, 0.15) is 16.6 Å². The van der Waals surface area contributed by atoms with Gasteiger partial charge in [0.15, 0.2) is 0 Å². The second-order valence-electron chi connectivity index (χ2n) is 4.36. The molecule has 0 aliphatic heterocycles. The van der Waals surface area contributed by atoms with Crippen molar-refractivity contribution in [3.8, 4) is 11.3 Å². The van der Waals surface area contributed by atoms with Crippen LogP contribution in [0.4, 0.5) is 0 Å². The maximum atomic E-state index is 6.24. The SMILES string of the molecule is Cn1cc(-c2csc(C(N)c3ccccc3)n2)cn1. The second kappa shape index (κ2) is 4.95. The zero-order chi connectivity index (χ0) is 13.2. The van der Waals surface area contributed by atoms with Crippen molar-refractivity contribution >= 4 is 11.3 Å². The number of benzene rings is 1. The standard InChI is InChI=1S/C14H14N4S/c1-18-8-11(7-16-18)12-9-19-14(17-12)13(15)10-5-3-2-4-6-10/h2-9,13H,15H2,1H3. The molecule has 0 aliphatic carbocycles. The van der Waals surface area contributed by atoms with Crippen molar-refractivity contribution in [2.24, 2.45) is 12.8 Å². The van der Waals surface area contributed by atoms with Gasteiger partial charge in [0.2, 0.25) is 0 Å². The van der Waals surface area contributed by atoms with Gasteiger partial charge in [0.1, 0.15) is 5.01 Å². The van der Waals surface area contributed by atoms with E-state index in [0.29, 0.717) is 0 Å². The van der Waals surface area contributed by atoms with Gasteiger partial charge < -0.3 is 5.73 Å². The van der Waals surface area contributed by atoms with E-state index in [4.69, 9.17) is 5.73 Å². The van der Waals surface area contributed by atoms with Gasteiger partial charge >= 0.3 is 0 Å². The van der Waals surface area contributed by atoms with Gasteiger partial charge in [0.25, 0.3) is 0 Å². The minimum Gasteiger partial charge on any atom is -0.318 e. The molecule has 2 aromatic heterocycles. The molecule has 2 heterocycles. The van der Waals surface area contributed by atoms with Gasteiger partial charge in [-0.05, 0) is 5.56 Å². The summed E-state index contributed by atoms with van der Waals surface area (Å²) in [6, 6.07) is 9.84. The number of aromatic nitrogens is 3. The lowest BCUT2D eigenvalue weighted by Crippen LogP contribution is -2.11. The van der Waals surface area contributed by atoms with Crippen LogP contribution in [0.2, 0.25) is 0 Å². The third-order valence-electron chi connectivity index (χ3n) is 2.95. The van der Waals surface area contributed by atoms with E-state index < -0.39 is 0 Å². The van der Waals surface area contributed by atoms with E-state index in [2.05, 4.69) is 10.1 Å². The zero-order valence-electron chi connectivity index (χ0n) is 10.5. The molecule has 1 atom stereocenters. The number of aryl methyl sites for hydroxylation is 1. The van der Waals surface area contributed by atoms with Crippen LogP contribution in [-0.4, -0.2) is 14.8 Å². The van der Waals surface area contributed by atoms with Crippen molar-refractivity contribution < 1.29 is 0 Å². The first-order chi connectivity index (χ1) is 9.24. The predicted molar refractivity (Wildman–Crippen MR) is 76.8 cm³/mol. The van der Waals surface area contributed by atoms with Gasteiger partial charge in [-0.3, -0.25) is 4.68 Å². The molecule has 0 bridgehead atoms. The first kappa shape index (κ1) is 12.1. The molecule has 0 saturated carbocycles. The topological polar surface area (TPSA) is 56.7 Å². The molecule has 3 aromatic rings. The maximum absolute atomic E-state index is 6.24. The Balaban J connectivity index is 1.89. The summed E-state index contributed by atoms with van der Waals surface area (Å²) in [7, 11) is 1.90. The van der Waals surface area contributed by atoms with E-state index in [0.717, 1.165) is 21.8 Å². The Kier molecular flexibility index (Phi) is 3.15. The second-order valence-corrected chi connectivity index (χ2v) is 5.25. The van der Waals surface area contributed by atoms with Gasteiger partial charge in [-0.15, -0.1) is 11.3 Å². The number of rotatable bonds is 3. The summed E-state index contributed by atoms with van der Waals surface area (Å²) in [5.74, 6) is 0. The van der Waals surface area contributed by atoms with Crippen LogP contribution in [0.5, 0.6) is 0 Å². The van der Waals surface area contributed by atoms with Crippen molar-refractivity contribution in [2.45, 2.75) is 6.04 Å². The average Bonchev–Trinajstić information content (AvgIpc) is 3.07. The van der Waals surface area contributed by atoms with Crippen molar-refractivity contribution in [1.82, 2.24) is 14.8 Å². The maximum Gasteiger partial charge on any atom is 0.115 e. The van der Waals surface area contributed by atoms with Crippen molar-refractivity contribution in [3.63, 3.8) is 0 Å². The minimum absolute atomic E-state index is 0.170. The highest BCUT2D eigenvalue weighted by Crippen LogP contribution is 2.27. The van der Waals surface area contributed by atoms with Crippen molar-refractivity contribution in [2.75, 3.05) is 0 Å². The third-order valence-corrected chi connectivity index (χ3v) is 3.88. The Labute approximate surface area is 115 Å². The zero-order valence-corrected chi connectivity index (χ0v) is 11.3. The highest BCUT2D eigenvalue weighted by Gasteiger charge is 2.14. The van der Waals surface area contributed by atoms with Crippen LogP contribution >= 0.6 is 11.3 Å². The van der Waals surface area contributed by atoms with E-state index in [9.17, 15) is 0 Å². The highest BCUT2D eigenvalue weighted by atomic mass is 32.1. The van der Waals surface area contributed by atoms with Gasteiger partial charge in [0.05, 0.1) is 17.9 Å². The van der Waals surface area contributed by atoms with Gasteiger partial charge in [-0.25, -0.2) is 4.98 Å². The number of thiazole rings is 1. The van der Waals surface area contributed by atoms with E-state index >= 15 is 0 Å². The summed E-state index contributed by atoms with van der Waals surface area (Å²) < 4.78 is 1.77. The fourth-order valence-electron chi connectivity index (χ4n) is 1.92. The normalized spacial score (nSPS) is 12.5. The van der Waals surface area contributed by atoms with E-state index in [-0.39, 0.29) is 6.04 Å². The molecular formula is C14H14N4S.